The quantitative estimate of drug-likeness (QED) is 0.349. The van der Waals surface area contributed by atoms with E-state index in [0.717, 1.165) is 5.56 Å². The van der Waals surface area contributed by atoms with Gasteiger partial charge in [0.05, 0.1) is 0 Å². The molecule has 2 aromatic rings. The van der Waals surface area contributed by atoms with Crippen molar-refractivity contribution in [3.8, 4) is 0 Å². The third-order valence-electron chi connectivity index (χ3n) is 3.01. The molecule has 0 spiro atoms. The van der Waals surface area contributed by atoms with E-state index >= 15 is 0 Å². The number of rotatable bonds is 4. The molecule has 0 heterocycles. The van der Waals surface area contributed by atoms with Gasteiger partial charge in [0.25, 0.3) is 0 Å². The standard InChI is InChI=1S/C15H14FN3O2/c16-13-4-2-1-3-11(13)15(19-21)12-9-10(7-8-18-20)5-6-14(12)17/h1-6,8-9,20-21H,7,17H2. The molecule has 0 saturated carbocycles. The fourth-order valence-electron chi connectivity index (χ4n) is 1.99. The molecule has 0 fully saturated rings. The third-order valence-corrected chi connectivity index (χ3v) is 3.01. The summed E-state index contributed by atoms with van der Waals surface area (Å²) in [5, 5.41) is 23.8. The van der Waals surface area contributed by atoms with E-state index < -0.39 is 5.82 Å². The number of anilines is 1. The van der Waals surface area contributed by atoms with Gasteiger partial charge in [-0.05, 0) is 29.8 Å². The van der Waals surface area contributed by atoms with Crippen LogP contribution in [0.1, 0.15) is 16.7 Å². The Balaban J connectivity index is 2.50. The molecule has 4 N–H and O–H groups in total. The average molecular weight is 287 g/mol. The first kappa shape index (κ1) is 14.5. The Kier molecular flexibility index (Phi) is 4.50. The summed E-state index contributed by atoms with van der Waals surface area (Å²) in [6, 6.07) is 11.0. The van der Waals surface area contributed by atoms with Crippen LogP contribution < -0.4 is 5.73 Å². The maximum atomic E-state index is 13.9. The maximum Gasteiger partial charge on any atom is 0.132 e. The second kappa shape index (κ2) is 6.51. The minimum atomic E-state index is -0.507. The first-order valence-corrected chi connectivity index (χ1v) is 6.19. The van der Waals surface area contributed by atoms with E-state index in [1.807, 2.05) is 0 Å². The summed E-state index contributed by atoms with van der Waals surface area (Å²) in [5.41, 5.74) is 7.64. The molecule has 0 aliphatic rings. The van der Waals surface area contributed by atoms with Crippen molar-refractivity contribution in [3.05, 3.63) is 65.0 Å². The molecule has 2 aromatic carbocycles. The molecule has 21 heavy (non-hydrogen) atoms. The Hall–Kier alpha value is -2.89. The van der Waals surface area contributed by atoms with Gasteiger partial charge in [0, 0.05) is 29.4 Å². The highest BCUT2D eigenvalue weighted by Crippen LogP contribution is 2.21. The summed E-state index contributed by atoms with van der Waals surface area (Å²) < 4.78 is 13.9. The minimum absolute atomic E-state index is 0.0494. The number of halogens is 1. The van der Waals surface area contributed by atoms with Gasteiger partial charge in [-0.2, -0.15) is 0 Å². The van der Waals surface area contributed by atoms with Crippen molar-refractivity contribution < 1.29 is 14.8 Å². The van der Waals surface area contributed by atoms with Crippen LogP contribution in [0.2, 0.25) is 0 Å². The van der Waals surface area contributed by atoms with Gasteiger partial charge in [-0.15, -0.1) is 5.16 Å². The highest BCUT2D eigenvalue weighted by Gasteiger charge is 2.15. The number of nitrogen functional groups attached to an aromatic ring is 1. The van der Waals surface area contributed by atoms with Crippen molar-refractivity contribution >= 4 is 17.6 Å². The molecular formula is C15H14FN3O2. The lowest BCUT2D eigenvalue weighted by molar-refractivity contribution is 0.319. The van der Waals surface area contributed by atoms with Crippen LogP contribution in [0.5, 0.6) is 0 Å². The molecule has 6 heteroatoms. The van der Waals surface area contributed by atoms with E-state index in [9.17, 15) is 9.60 Å². The van der Waals surface area contributed by atoms with E-state index in [4.69, 9.17) is 10.9 Å². The minimum Gasteiger partial charge on any atom is -0.411 e. The third kappa shape index (κ3) is 3.17. The van der Waals surface area contributed by atoms with E-state index in [2.05, 4.69) is 10.3 Å². The SMILES string of the molecule is Nc1ccc(CC=NO)cc1C(=NO)c1ccccc1F. The number of hydrogen-bond donors (Lipinski definition) is 3. The Morgan fingerprint density at radius 1 is 1.14 bits per heavy atom. The van der Waals surface area contributed by atoms with Crippen LogP contribution in [0.3, 0.4) is 0 Å². The fraction of sp³-hybridized carbons (Fsp3) is 0.0667. The number of hydrogen-bond acceptors (Lipinski definition) is 5. The summed E-state index contributed by atoms with van der Waals surface area (Å²) >= 11 is 0. The summed E-state index contributed by atoms with van der Waals surface area (Å²) in [5.74, 6) is -0.507. The van der Waals surface area contributed by atoms with E-state index in [-0.39, 0.29) is 11.3 Å². The highest BCUT2D eigenvalue weighted by atomic mass is 19.1. The van der Waals surface area contributed by atoms with Crippen molar-refractivity contribution in [3.63, 3.8) is 0 Å². The van der Waals surface area contributed by atoms with E-state index in [0.29, 0.717) is 17.7 Å². The van der Waals surface area contributed by atoms with Crippen LogP contribution in [-0.4, -0.2) is 22.3 Å². The van der Waals surface area contributed by atoms with Crippen LogP contribution in [0.15, 0.2) is 52.8 Å². The predicted molar refractivity (Wildman–Crippen MR) is 78.7 cm³/mol. The molecular weight excluding hydrogens is 273 g/mol. The maximum absolute atomic E-state index is 13.9. The van der Waals surface area contributed by atoms with Gasteiger partial charge in [0.2, 0.25) is 0 Å². The van der Waals surface area contributed by atoms with Gasteiger partial charge < -0.3 is 16.1 Å². The molecule has 0 atom stereocenters. The number of benzene rings is 2. The summed E-state index contributed by atoms with van der Waals surface area (Å²) in [6.45, 7) is 0. The van der Waals surface area contributed by atoms with Gasteiger partial charge in [-0.25, -0.2) is 4.39 Å². The zero-order valence-electron chi connectivity index (χ0n) is 11.1. The first-order valence-electron chi connectivity index (χ1n) is 6.19. The molecule has 0 aliphatic carbocycles. The second-order valence-electron chi connectivity index (χ2n) is 4.35. The second-order valence-corrected chi connectivity index (χ2v) is 4.35. The van der Waals surface area contributed by atoms with Crippen LogP contribution in [-0.2, 0) is 6.42 Å². The lowest BCUT2D eigenvalue weighted by atomic mass is 9.97. The monoisotopic (exact) mass is 287 g/mol. The lowest BCUT2D eigenvalue weighted by Gasteiger charge is -2.10. The van der Waals surface area contributed by atoms with Crippen molar-refractivity contribution in [1.82, 2.24) is 0 Å². The first-order chi connectivity index (χ1) is 10.2. The smallest absolute Gasteiger partial charge is 0.132 e. The van der Waals surface area contributed by atoms with Gasteiger partial charge in [0.15, 0.2) is 0 Å². The summed E-state index contributed by atoms with van der Waals surface area (Å²) in [7, 11) is 0. The molecule has 0 saturated heterocycles. The lowest BCUT2D eigenvalue weighted by Crippen LogP contribution is -2.10. The van der Waals surface area contributed by atoms with E-state index in [1.54, 1.807) is 30.3 Å². The zero-order chi connectivity index (χ0) is 15.2. The van der Waals surface area contributed by atoms with Crippen molar-refractivity contribution in [2.45, 2.75) is 6.42 Å². The molecule has 0 unspecified atom stereocenters. The Bertz CT molecular complexity index is 699. The van der Waals surface area contributed by atoms with Crippen molar-refractivity contribution in [2.75, 3.05) is 5.73 Å². The normalized spacial score (nSPS) is 12.0. The van der Waals surface area contributed by atoms with Crippen LogP contribution in [0.25, 0.3) is 0 Å². The molecule has 0 radical (unpaired) electrons. The fourth-order valence-corrected chi connectivity index (χ4v) is 1.99. The van der Waals surface area contributed by atoms with Crippen LogP contribution in [0, 0.1) is 5.82 Å². The molecule has 0 aliphatic heterocycles. The summed E-state index contributed by atoms with van der Waals surface area (Å²) in [6.07, 6.45) is 1.69. The zero-order valence-corrected chi connectivity index (χ0v) is 11.1. The molecule has 0 amide bonds. The Morgan fingerprint density at radius 2 is 1.90 bits per heavy atom. The van der Waals surface area contributed by atoms with Crippen molar-refractivity contribution in [2.24, 2.45) is 10.3 Å². The van der Waals surface area contributed by atoms with Gasteiger partial charge in [-0.1, -0.05) is 23.4 Å². The topological polar surface area (TPSA) is 91.2 Å². The van der Waals surface area contributed by atoms with Gasteiger partial charge in [0.1, 0.15) is 11.5 Å². The molecule has 2 rings (SSSR count). The van der Waals surface area contributed by atoms with Crippen molar-refractivity contribution in [1.29, 1.82) is 0 Å². The van der Waals surface area contributed by atoms with E-state index in [1.165, 1.54) is 18.3 Å². The largest absolute Gasteiger partial charge is 0.411 e. The molecule has 108 valence electrons. The highest BCUT2D eigenvalue weighted by molar-refractivity contribution is 6.15. The molecule has 0 bridgehead atoms. The Morgan fingerprint density at radius 3 is 2.57 bits per heavy atom. The molecule has 0 aromatic heterocycles. The van der Waals surface area contributed by atoms with Crippen LogP contribution in [0.4, 0.5) is 10.1 Å². The Labute approximate surface area is 120 Å². The number of nitrogens with zero attached hydrogens (tertiary/aromatic N) is 2. The number of nitrogens with two attached hydrogens (primary N) is 1. The van der Waals surface area contributed by atoms with Gasteiger partial charge >= 0.3 is 0 Å². The average Bonchev–Trinajstić information content (AvgIpc) is 2.50. The van der Waals surface area contributed by atoms with Gasteiger partial charge in [-0.3, -0.25) is 0 Å². The predicted octanol–water partition coefficient (Wildman–Crippen LogP) is 2.64. The molecule has 5 nitrogen and oxygen atoms in total. The summed E-state index contributed by atoms with van der Waals surface area (Å²) in [4.78, 5) is 0. The number of oxime groups is 2. The van der Waals surface area contributed by atoms with Crippen LogP contribution >= 0.6 is 0 Å².